The molecule has 0 unspecified atom stereocenters. The Morgan fingerprint density at radius 2 is 0.690 bits per heavy atom. The molecule has 3 aromatic carbocycles. The molecule has 152 valence electrons. The van der Waals surface area contributed by atoms with Crippen molar-refractivity contribution < 1.29 is 13.6 Å². The van der Waals surface area contributed by atoms with E-state index in [2.05, 4.69) is 15.1 Å². The first-order valence-electron chi connectivity index (χ1n) is 9.57. The summed E-state index contributed by atoms with van der Waals surface area (Å²) in [5.74, 6) is 2.37. The molecule has 0 atom stereocenters. The van der Waals surface area contributed by atoms with Crippen molar-refractivity contribution in [1.29, 1.82) is 0 Å². The van der Waals surface area contributed by atoms with Crippen molar-refractivity contribution >= 4 is 21.3 Å². The van der Waals surface area contributed by atoms with Crippen LogP contribution in [0.25, 0.3) is 0 Å². The first-order valence-corrected chi connectivity index (χ1v) is 13.3. The summed E-state index contributed by atoms with van der Waals surface area (Å²) < 4.78 is 19.5. The van der Waals surface area contributed by atoms with Crippen molar-refractivity contribution in [3.8, 4) is 17.2 Å². The van der Waals surface area contributed by atoms with E-state index < -0.39 is 6.19 Å². The van der Waals surface area contributed by atoms with E-state index in [4.69, 9.17) is 13.6 Å². The minimum absolute atomic E-state index is 0.789. The molecule has 3 rings (SSSR count). The molecule has 0 heterocycles. The summed E-state index contributed by atoms with van der Waals surface area (Å²) in [6, 6.07) is 18.3. The van der Waals surface area contributed by atoms with Gasteiger partial charge in [-0.05, 0) is 0 Å². The second-order valence-electron chi connectivity index (χ2n) is 7.38. The van der Waals surface area contributed by atoms with Gasteiger partial charge in [0.05, 0.1) is 0 Å². The van der Waals surface area contributed by atoms with Crippen molar-refractivity contribution in [1.82, 2.24) is 0 Å². The Labute approximate surface area is 181 Å². The predicted molar refractivity (Wildman–Crippen MR) is 122 cm³/mol. The molecule has 0 N–H and O–H groups in total. The molecule has 0 aromatic heterocycles. The Balaban J connectivity index is 2.09. The van der Waals surface area contributed by atoms with Crippen LogP contribution >= 0.6 is 6.19 Å². The van der Waals surface area contributed by atoms with Crippen LogP contribution in [0.5, 0.6) is 17.2 Å². The van der Waals surface area contributed by atoms with Gasteiger partial charge in [-0.1, -0.05) is 0 Å². The van der Waals surface area contributed by atoms with Crippen LogP contribution < -0.4 is 13.6 Å². The van der Waals surface area contributed by atoms with E-state index in [1.807, 2.05) is 96.1 Å². The number of aryl methyl sites for hydroxylation is 6. The molecule has 5 heteroatoms. The molecule has 0 aliphatic carbocycles. The van der Waals surface area contributed by atoms with Gasteiger partial charge in [0.1, 0.15) is 0 Å². The SMILES string of the molecule is Cc1cccc(C)c1OP(=[Se])(Oc1c(C)cccc1C)Oc1c(C)cccc1C. The molecular formula is C24H27O3PSe. The van der Waals surface area contributed by atoms with Crippen LogP contribution in [0.4, 0.5) is 0 Å². The van der Waals surface area contributed by atoms with Gasteiger partial charge in [0, 0.05) is 0 Å². The van der Waals surface area contributed by atoms with E-state index >= 15 is 0 Å². The average molecular weight is 473 g/mol. The summed E-state index contributed by atoms with van der Waals surface area (Å²) in [5, 5.41) is 0. The number of hydrogen-bond acceptors (Lipinski definition) is 3. The van der Waals surface area contributed by atoms with Crippen molar-refractivity contribution in [3.05, 3.63) is 88.0 Å². The Bertz CT molecular complexity index is 894. The third-order valence-electron chi connectivity index (χ3n) is 4.84. The van der Waals surface area contributed by atoms with Crippen LogP contribution in [0.1, 0.15) is 33.4 Å². The van der Waals surface area contributed by atoms with Gasteiger partial charge in [-0.3, -0.25) is 0 Å². The standard InChI is InChI=1S/C24H27O3PSe/c1-16-10-7-11-17(2)22(16)25-28(29,26-23-18(3)12-8-13-19(23)4)27-24-20(5)14-9-15-21(24)6/h7-15H,1-6H3. The fourth-order valence-electron chi connectivity index (χ4n) is 3.22. The molecule has 0 amide bonds. The third-order valence-corrected chi connectivity index (χ3v) is 7.46. The van der Waals surface area contributed by atoms with Crippen molar-refractivity contribution in [3.63, 3.8) is 0 Å². The molecular weight excluding hydrogens is 446 g/mol. The number of hydrogen-bond donors (Lipinski definition) is 0. The Morgan fingerprint density at radius 1 is 0.483 bits per heavy atom. The maximum absolute atomic E-state index is 6.50. The number of para-hydroxylation sites is 3. The van der Waals surface area contributed by atoms with Crippen molar-refractivity contribution in [2.24, 2.45) is 0 Å². The molecule has 0 radical (unpaired) electrons. The molecule has 0 bridgehead atoms. The van der Waals surface area contributed by atoms with E-state index in [0.717, 1.165) is 50.6 Å². The first-order chi connectivity index (χ1) is 13.7. The summed E-state index contributed by atoms with van der Waals surface area (Å²) in [4.78, 5) is 0. The molecule has 29 heavy (non-hydrogen) atoms. The second kappa shape index (κ2) is 8.79. The fraction of sp³-hybridized carbons (Fsp3) is 0.250. The molecule has 0 aliphatic heterocycles. The van der Waals surface area contributed by atoms with Crippen LogP contribution in [0.3, 0.4) is 0 Å². The van der Waals surface area contributed by atoms with Crippen LogP contribution in [0.2, 0.25) is 0 Å². The van der Waals surface area contributed by atoms with Gasteiger partial charge >= 0.3 is 182 Å². The number of rotatable bonds is 6. The molecule has 0 saturated heterocycles. The van der Waals surface area contributed by atoms with E-state index in [0.29, 0.717) is 0 Å². The van der Waals surface area contributed by atoms with Crippen LogP contribution in [0.15, 0.2) is 54.6 Å². The van der Waals surface area contributed by atoms with Crippen LogP contribution in [0, 0.1) is 41.5 Å². The van der Waals surface area contributed by atoms with Gasteiger partial charge in [-0.2, -0.15) is 0 Å². The molecule has 3 aromatic rings. The quantitative estimate of drug-likeness (QED) is 0.287. The van der Waals surface area contributed by atoms with Crippen LogP contribution in [-0.2, 0) is 0 Å². The Kier molecular flexibility index (Phi) is 6.58. The zero-order valence-corrected chi connectivity index (χ0v) is 20.4. The Morgan fingerprint density at radius 3 is 0.897 bits per heavy atom. The fourth-order valence-corrected chi connectivity index (χ4v) is 6.27. The van der Waals surface area contributed by atoms with Gasteiger partial charge in [0.15, 0.2) is 0 Å². The van der Waals surface area contributed by atoms with Crippen molar-refractivity contribution in [2.45, 2.75) is 41.5 Å². The second-order valence-corrected chi connectivity index (χ2v) is 11.6. The average Bonchev–Trinajstić information content (AvgIpc) is 2.65. The summed E-state index contributed by atoms with van der Waals surface area (Å²) in [7, 11) is 0. The van der Waals surface area contributed by atoms with Gasteiger partial charge < -0.3 is 0 Å². The Hall–Kier alpha value is -1.99. The van der Waals surface area contributed by atoms with E-state index in [9.17, 15) is 0 Å². The molecule has 0 spiro atoms. The van der Waals surface area contributed by atoms with Crippen molar-refractivity contribution in [2.75, 3.05) is 0 Å². The van der Waals surface area contributed by atoms with Gasteiger partial charge in [-0.15, -0.1) is 0 Å². The zero-order chi connectivity index (χ0) is 21.2. The molecule has 0 fully saturated rings. The summed E-state index contributed by atoms with van der Waals surface area (Å²) >= 11 is 3.14. The predicted octanol–water partition coefficient (Wildman–Crippen LogP) is 6.92. The van der Waals surface area contributed by atoms with Crippen LogP contribution in [-0.4, -0.2) is 15.1 Å². The summed E-state index contributed by atoms with van der Waals surface area (Å²) in [6.45, 7) is 12.2. The van der Waals surface area contributed by atoms with Gasteiger partial charge in [0.25, 0.3) is 0 Å². The summed E-state index contributed by atoms with van der Waals surface area (Å²) in [6.07, 6.45) is -2.92. The summed E-state index contributed by atoms with van der Waals surface area (Å²) in [5.41, 5.74) is 6.25. The monoisotopic (exact) mass is 474 g/mol. The van der Waals surface area contributed by atoms with E-state index in [1.54, 1.807) is 0 Å². The first kappa shape index (κ1) is 21.7. The topological polar surface area (TPSA) is 27.7 Å². The normalized spacial score (nSPS) is 11.2. The minimum atomic E-state index is -2.92. The number of benzene rings is 3. The molecule has 0 saturated carbocycles. The van der Waals surface area contributed by atoms with E-state index in [-0.39, 0.29) is 0 Å². The van der Waals surface area contributed by atoms with E-state index in [1.165, 1.54) is 0 Å². The zero-order valence-electron chi connectivity index (χ0n) is 17.8. The van der Waals surface area contributed by atoms with Gasteiger partial charge in [-0.25, -0.2) is 0 Å². The molecule has 3 nitrogen and oxygen atoms in total. The third kappa shape index (κ3) is 4.95. The maximum atomic E-state index is 6.50. The molecule has 0 aliphatic rings. The van der Waals surface area contributed by atoms with Gasteiger partial charge in [0.2, 0.25) is 0 Å².